The molecule has 2 amide bonds. The van der Waals surface area contributed by atoms with Crippen molar-refractivity contribution in [1.82, 2.24) is 4.68 Å². The molecule has 0 bridgehead atoms. The number of rotatable bonds is 8. The van der Waals surface area contributed by atoms with Gasteiger partial charge in [0.2, 0.25) is 0 Å². The Balaban J connectivity index is 1.99. The van der Waals surface area contributed by atoms with Crippen LogP contribution < -0.4 is 5.01 Å². The van der Waals surface area contributed by atoms with Crippen molar-refractivity contribution in [3.05, 3.63) is 91.7 Å². The average molecular weight is 571 g/mol. The maximum atomic E-state index is 14.0. The fourth-order valence-corrected chi connectivity index (χ4v) is 4.57. The number of esters is 2. The first kappa shape index (κ1) is 28.4. The number of aromatic nitrogens is 1. The van der Waals surface area contributed by atoms with E-state index in [0.717, 1.165) is 33.7 Å². The minimum atomic E-state index is -0.774. The van der Waals surface area contributed by atoms with Gasteiger partial charge in [-0.3, -0.25) is 9.59 Å². The minimum absolute atomic E-state index is 0.0475. The van der Waals surface area contributed by atoms with Gasteiger partial charge >= 0.3 is 11.9 Å². The third kappa shape index (κ3) is 5.72. The molecular weight excluding hydrogens is 543 g/mol. The van der Waals surface area contributed by atoms with E-state index in [9.17, 15) is 19.2 Å². The van der Waals surface area contributed by atoms with E-state index in [1.165, 1.54) is 30.5 Å². The average Bonchev–Trinajstić information content (AvgIpc) is 3.67. The maximum absolute atomic E-state index is 14.0. The smallest absolute Gasteiger partial charge is 0.357 e. The number of hydrogen-bond donors (Lipinski definition) is 0. The lowest BCUT2D eigenvalue weighted by molar-refractivity contribution is 0.0510. The molecule has 0 aliphatic heterocycles. The number of halogens is 2. The summed E-state index contributed by atoms with van der Waals surface area (Å²) in [4.78, 5) is 54.4. The van der Waals surface area contributed by atoms with Gasteiger partial charge in [0.1, 0.15) is 0 Å². The van der Waals surface area contributed by atoms with Gasteiger partial charge in [-0.25, -0.2) is 14.3 Å². The van der Waals surface area contributed by atoms with Gasteiger partial charge in [0.25, 0.3) is 11.8 Å². The molecule has 1 aliphatic carbocycles. The van der Waals surface area contributed by atoms with Gasteiger partial charge in [-0.2, -0.15) is 5.01 Å². The second kappa shape index (κ2) is 11.6. The second-order valence-electron chi connectivity index (χ2n) is 9.21. The number of ether oxygens (including phenoxy) is 2. The first-order chi connectivity index (χ1) is 18.6. The van der Waals surface area contributed by atoms with E-state index in [-0.39, 0.29) is 41.5 Å². The molecule has 1 aromatic heterocycles. The lowest BCUT2D eigenvalue weighted by Crippen LogP contribution is -2.46. The van der Waals surface area contributed by atoms with Crippen molar-refractivity contribution in [2.45, 2.75) is 46.5 Å². The standard InChI is InChI=1S/C29H28Cl2N2O6/c1-5-38-28(36)21-15-32(25(29(37)39-6-2)24(21)18-11-12-18)33(26(34)19-9-7-16(3)22(30)13-19)27(35)20-10-8-17(4)23(31)14-20/h7-10,13-15,18H,5-6,11-12H2,1-4H3. The van der Waals surface area contributed by atoms with Gasteiger partial charge in [0.05, 0.1) is 18.8 Å². The Bertz CT molecular complexity index is 1410. The first-order valence-electron chi connectivity index (χ1n) is 12.6. The Hall–Kier alpha value is -3.62. The summed E-state index contributed by atoms with van der Waals surface area (Å²) in [5, 5.41) is 1.47. The van der Waals surface area contributed by atoms with Gasteiger partial charge in [-0.05, 0) is 81.8 Å². The molecule has 4 rings (SSSR count). The highest BCUT2D eigenvalue weighted by molar-refractivity contribution is 6.33. The summed E-state index contributed by atoms with van der Waals surface area (Å²) in [6, 6.07) is 9.28. The van der Waals surface area contributed by atoms with Crippen LogP contribution in [-0.2, 0) is 9.47 Å². The molecule has 204 valence electrons. The molecule has 0 spiro atoms. The van der Waals surface area contributed by atoms with Crippen LogP contribution in [-0.4, -0.2) is 41.6 Å². The van der Waals surface area contributed by atoms with E-state index < -0.39 is 23.8 Å². The Morgan fingerprint density at radius 1 is 0.846 bits per heavy atom. The van der Waals surface area contributed by atoms with Crippen molar-refractivity contribution in [2.75, 3.05) is 18.2 Å². The molecule has 3 aromatic rings. The quantitative estimate of drug-likeness (QED) is 0.234. The summed E-state index contributed by atoms with van der Waals surface area (Å²) in [6.07, 6.45) is 2.75. The van der Waals surface area contributed by atoms with E-state index in [2.05, 4.69) is 0 Å². The molecule has 1 saturated carbocycles. The van der Waals surface area contributed by atoms with Crippen molar-refractivity contribution in [1.29, 1.82) is 0 Å². The number of carbonyl (C=O) groups excluding carboxylic acids is 4. The van der Waals surface area contributed by atoms with E-state index in [0.29, 0.717) is 15.6 Å². The molecule has 1 heterocycles. The number of carbonyl (C=O) groups is 4. The number of nitrogens with zero attached hydrogens (tertiary/aromatic N) is 2. The molecule has 2 aromatic carbocycles. The van der Waals surface area contributed by atoms with Crippen LogP contribution >= 0.6 is 23.2 Å². The van der Waals surface area contributed by atoms with E-state index in [1.54, 1.807) is 39.8 Å². The largest absolute Gasteiger partial charge is 0.462 e. The lowest BCUT2D eigenvalue weighted by atomic mass is 10.1. The predicted molar refractivity (Wildman–Crippen MR) is 148 cm³/mol. The van der Waals surface area contributed by atoms with Crippen LogP contribution in [0.1, 0.15) is 90.9 Å². The summed E-state index contributed by atoms with van der Waals surface area (Å²) in [5.41, 5.74) is 2.09. The normalized spacial score (nSPS) is 12.7. The van der Waals surface area contributed by atoms with E-state index in [1.807, 2.05) is 0 Å². The minimum Gasteiger partial charge on any atom is -0.462 e. The van der Waals surface area contributed by atoms with Gasteiger partial charge < -0.3 is 9.47 Å². The molecule has 0 unspecified atom stereocenters. The number of hydrogen-bond acceptors (Lipinski definition) is 6. The van der Waals surface area contributed by atoms with E-state index in [4.69, 9.17) is 32.7 Å². The van der Waals surface area contributed by atoms with Crippen LogP contribution in [0.5, 0.6) is 0 Å². The first-order valence-corrected chi connectivity index (χ1v) is 13.3. The fraction of sp³-hybridized carbons (Fsp3) is 0.310. The number of benzene rings is 2. The van der Waals surface area contributed by atoms with Gasteiger partial charge in [-0.15, -0.1) is 0 Å². The SMILES string of the molecule is CCOC(=O)c1cn(N(C(=O)c2ccc(C)c(Cl)c2)C(=O)c2ccc(C)c(Cl)c2)c(C(=O)OCC)c1C1CC1. The highest BCUT2D eigenvalue weighted by atomic mass is 35.5. The summed E-state index contributed by atoms with van der Waals surface area (Å²) in [6.45, 7) is 7.03. The topological polar surface area (TPSA) is 94.9 Å². The van der Waals surface area contributed by atoms with Crippen LogP contribution in [0.25, 0.3) is 0 Å². The molecule has 0 saturated heterocycles. The Morgan fingerprint density at radius 3 is 1.77 bits per heavy atom. The monoisotopic (exact) mass is 570 g/mol. The summed E-state index contributed by atoms with van der Waals surface area (Å²) < 4.78 is 11.7. The van der Waals surface area contributed by atoms with Crippen molar-refractivity contribution in [2.24, 2.45) is 0 Å². The van der Waals surface area contributed by atoms with Gasteiger partial charge in [0.15, 0.2) is 5.69 Å². The van der Waals surface area contributed by atoms with Crippen LogP contribution in [0.15, 0.2) is 42.6 Å². The molecule has 10 heteroatoms. The maximum Gasteiger partial charge on any atom is 0.357 e. The molecule has 1 fully saturated rings. The van der Waals surface area contributed by atoms with Crippen LogP contribution in [0.3, 0.4) is 0 Å². The molecule has 39 heavy (non-hydrogen) atoms. The summed E-state index contributed by atoms with van der Waals surface area (Å²) in [5.74, 6) is -3.10. The zero-order chi connectivity index (χ0) is 28.4. The molecule has 8 nitrogen and oxygen atoms in total. The Kier molecular flexibility index (Phi) is 8.47. The fourth-order valence-electron chi connectivity index (χ4n) is 4.21. The van der Waals surface area contributed by atoms with Crippen molar-refractivity contribution >= 4 is 47.0 Å². The highest BCUT2D eigenvalue weighted by Crippen LogP contribution is 2.45. The van der Waals surface area contributed by atoms with E-state index >= 15 is 0 Å². The molecule has 1 aliphatic rings. The molecule has 0 radical (unpaired) electrons. The van der Waals surface area contributed by atoms with Gasteiger partial charge in [-0.1, -0.05) is 35.3 Å². The second-order valence-corrected chi connectivity index (χ2v) is 10.0. The molecule has 0 N–H and O–H groups in total. The predicted octanol–water partition coefficient (Wildman–Crippen LogP) is 6.26. The zero-order valence-corrected chi connectivity index (χ0v) is 23.6. The van der Waals surface area contributed by atoms with Crippen molar-refractivity contribution < 1.29 is 28.7 Å². The highest BCUT2D eigenvalue weighted by Gasteiger charge is 2.40. The number of imide groups is 1. The zero-order valence-electron chi connectivity index (χ0n) is 22.0. The summed E-state index contributed by atoms with van der Waals surface area (Å²) >= 11 is 12.6. The van der Waals surface area contributed by atoms with Crippen LogP contribution in [0.4, 0.5) is 0 Å². The van der Waals surface area contributed by atoms with Gasteiger partial charge in [0, 0.05) is 32.9 Å². The number of amides is 2. The Morgan fingerprint density at radius 2 is 1.33 bits per heavy atom. The summed E-state index contributed by atoms with van der Waals surface area (Å²) in [7, 11) is 0. The van der Waals surface area contributed by atoms with Crippen molar-refractivity contribution in [3.8, 4) is 0 Å². The van der Waals surface area contributed by atoms with Crippen LogP contribution in [0.2, 0.25) is 10.0 Å². The lowest BCUT2D eigenvalue weighted by Gasteiger charge is -2.24. The molecular formula is C29H28Cl2N2O6. The molecule has 0 atom stereocenters. The third-order valence-corrected chi connectivity index (χ3v) is 7.23. The third-order valence-electron chi connectivity index (χ3n) is 6.41. The van der Waals surface area contributed by atoms with Crippen molar-refractivity contribution in [3.63, 3.8) is 0 Å². The van der Waals surface area contributed by atoms with Crippen LogP contribution in [0, 0.1) is 13.8 Å². The Labute approximate surface area is 236 Å². The number of aryl methyl sites for hydroxylation is 2.